The van der Waals surface area contributed by atoms with Crippen molar-refractivity contribution >= 4 is 17.9 Å². The van der Waals surface area contributed by atoms with Gasteiger partial charge in [0.1, 0.15) is 5.56 Å². The van der Waals surface area contributed by atoms with Crippen molar-refractivity contribution in [2.45, 2.75) is 40.3 Å². The number of carbonyl (C=O) groups excluding carboxylic acids is 3. The molecule has 2 N–H and O–H groups in total. The van der Waals surface area contributed by atoms with Crippen LogP contribution in [0.25, 0.3) is 0 Å². The standard InChI is InChI=1S/C19H24N4O4/c1-11-6-8-15(9-7-11)10-23-13(3)16(12(2)22-23)18(25)27-14(4)17(24)21-19(26)20-5/h6-9,14H,10H2,1-5H3,(H2,20,21,24,26)/t14-/m0/s1. The molecule has 3 amide bonds. The summed E-state index contributed by atoms with van der Waals surface area (Å²) in [6.07, 6.45) is -1.12. The van der Waals surface area contributed by atoms with Crippen molar-refractivity contribution in [2.75, 3.05) is 7.05 Å². The summed E-state index contributed by atoms with van der Waals surface area (Å²) in [4.78, 5) is 35.6. The van der Waals surface area contributed by atoms with E-state index in [4.69, 9.17) is 4.74 Å². The van der Waals surface area contributed by atoms with Crippen molar-refractivity contribution in [1.82, 2.24) is 20.4 Å². The van der Waals surface area contributed by atoms with Gasteiger partial charge in [0.15, 0.2) is 6.10 Å². The van der Waals surface area contributed by atoms with E-state index in [1.165, 1.54) is 19.5 Å². The van der Waals surface area contributed by atoms with Crippen molar-refractivity contribution in [3.8, 4) is 0 Å². The first kappa shape index (κ1) is 20.2. The van der Waals surface area contributed by atoms with Gasteiger partial charge in [-0.25, -0.2) is 9.59 Å². The summed E-state index contributed by atoms with van der Waals surface area (Å²) in [5.41, 5.74) is 3.71. The Morgan fingerprint density at radius 3 is 2.37 bits per heavy atom. The van der Waals surface area contributed by atoms with E-state index >= 15 is 0 Å². The summed E-state index contributed by atoms with van der Waals surface area (Å²) in [6.45, 7) is 7.43. The number of nitrogens with one attached hydrogen (secondary N) is 2. The zero-order chi connectivity index (χ0) is 20.1. The molecule has 2 aromatic rings. The fourth-order valence-electron chi connectivity index (χ4n) is 2.56. The van der Waals surface area contributed by atoms with Crippen molar-refractivity contribution in [2.24, 2.45) is 0 Å². The van der Waals surface area contributed by atoms with E-state index < -0.39 is 24.0 Å². The van der Waals surface area contributed by atoms with E-state index in [2.05, 4.69) is 15.7 Å². The van der Waals surface area contributed by atoms with Gasteiger partial charge in [0, 0.05) is 7.05 Å². The molecule has 1 aromatic carbocycles. The molecular formula is C19H24N4O4. The Bertz CT molecular complexity index is 855. The molecule has 1 atom stereocenters. The van der Waals surface area contributed by atoms with Gasteiger partial charge in [-0.15, -0.1) is 0 Å². The number of nitrogens with zero attached hydrogens (tertiary/aromatic N) is 2. The van der Waals surface area contributed by atoms with Gasteiger partial charge in [-0.3, -0.25) is 14.8 Å². The van der Waals surface area contributed by atoms with Crippen LogP contribution in [-0.2, 0) is 16.1 Å². The van der Waals surface area contributed by atoms with Crippen LogP contribution < -0.4 is 10.6 Å². The second-order valence-electron chi connectivity index (χ2n) is 6.30. The lowest BCUT2D eigenvalue weighted by Gasteiger charge is -2.13. The largest absolute Gasteiger partial charge is 0.449 e. The zero-order valence-electron chi connectivity index (χ0n) is 16.1. The van der Waals surface area contributed by atoms with Gasteiger partial charge in [-0.05, 0) is 33.3 Å². The number of rotatable bonds is 5. The molecule has 144 valence electrons. The lowest BCUT2D eigenvalue weighted by molar-refractivity contribution is -0.127. The smallest absolute Gasteiger partial charge is 0.342 e. The topological polar surface area (TPSA) is 102 Å². The Hall–Kier alpha value is -3.16. The molecule has 0 bridgehead atoms. The summed E-state index contributed by atoms with van der Waals surface area (Å²) in [5, 5.41) is 8.74. The highest BCUT2D eigenvalue weighted by atomic mass is 16.5. The molecule has 27 heavy (non-hydrogen) atoms. The Balaban J connectivity index is 2.12. The first-order chi connectivity index (χ1) is 12.7. The van der Waals surface area contributed by atoms with Gasteiger partial charge < -0.3 is 10.1 Å². The second kappa shape index (κ2) is 8.48. The van der Waals surface area contributed by atoms with E-state index in [0.29, 0.717) is 23.5 Å². The van der Waals surface area contributed by atoms with Crippen molar-refractivity contribution in [3.63, 3.8) is 0 Å². The summed E-state index contributed by atoms with van der Waals surface area (Å²) in [6, 6.07) is 7.39. The first-order valence-corrected chi connectivity index (χ1v) is 8.56. The minimum absolute atomic E-state index is 0.321. The molecule has 0 radical (unpaired) electrons. The molecule has 0 saturated carbocycles. The molecule has 0 aliphatic heterocycles. The van der Waals surface area contributed by atoms with Crippen LogP contribution in [-0.4, -0.2) is 40.8 Å². The second-order valence-corrected chi connectivity index (χ2v) is 6.30. The van der Waals surface area contributed by atoms with E-state index in [-0.39, 0.29) is 0 Å². The molecule has 0 unspecified atom stereocenters. The summed E-state index contributed by atoms with van der Waals surface area (Å²) >= 11 is 0. The van der Waals surface area contributed by atoms with Crippen LogP contribution in [0.1, 0.15) is 39.8 Å². The number of esters is 1. The predicted octanol–water partition coefficient (Wildman–Crippen LogP) is 1.86. The average molecular weight is 372 g/mol. The molecule has 8 nitrogen and oxygen atoms in total. The van der Waals surface area contributed by atoms with Crippen LogP contribution in [0.4, 0.5) is 4.79 Å². The van der Waals surface area contributed by atoms with Gasteiger partial charge in [0.25, 0.3) is 5.91 Å². The van der Waals surface area contributed by atoms with Crippen LogP contribution in [0.2, 0.25) is 0 Å². The maximum atomic E-state index is 12.5. The molecule has 0 fully saturated rings. The third-order valence-electron chi connectivity index (χ3n) is 4.16. The highest BCUT2D eigenvalue weighted by molar-refractivity contribution is 5.98. The molecular weight excluding hydrogens is 348 g/mol. The molecule has 8 heteroatoms. The third-order valence-corrected chi connectivity index (χ3v) is 4.16. The number of aryl methyl sites for hydroxylation is 2. The Labute approximate surface area is 157 Å². The maximum absolute atomic E-state index is 12.5. The number of carbonyl (C=O) groups is 3. The lowest BCUT2D eigenvalue weighted by atomic mass is 10.1. The number of amides is 3. The zero-order valence-corrected chi connectivity index (χ0v) is 16.1. The van der Waals surface area contributed by atoms with Crippen molar-refractivity contribution in [1.29, 1.82) is 0 Å². The maximum Gasteiger partial charge on any atom is 0.342 e. The number of imide groups is 1. The van der Waals surface area contributed by atoms with Crippen LogP contribution in [0.15, 0.2) is 24.3 Å². The van der Waals surface area contributed by atoms with Crippen LogP contribution >= 0.6 is 0 Å². The van der Waals surface area contributed by atoms with E-state index in [0.717, 1.165) is 5.56 Å². The number of ether oxygens (including phenoxy) is 1. The molecule has 0 spiro atoms. The minimum Gasteiger partial charge on any atom is -0.449 e. The van der Waals surface area contributed by atoms with Gasteiger partial charge in [0.2, 0.25) is 0 Å². The molecule has 1 aromatic heterocycles. The summed E-state index contributed by atoms with van der Waals surface area (Å²) < 4.78 is 6.93. The van der Waals surface area contributed by atoms with Crippen molar-refractivity contribution in [3.05, 3.63) is 52.3 Å². The lowest BCUT2D eigenvalue weighted by Crippen LogP contribution is -2.43. The average Bonchev–Trinajstić information content (AvgIpc) is 2.90. The minimum atomic E-state index is -1.12. The van der Waals surface area contributed by atoms with E-state index in [1.54, 1.807) is 18.5 Å². The molecule has 1 heterocycles. The fraction of sp³-hybridized carbons (Fsp3) is 0.368. The molecule has 0 aliphatic rings. The SMILES string of the molecule is CNC(=O)NC(=O)[C@H](C)OC(=O)c1c(C)nn(Cc2ccc(C)cc2)c1C. The highest BCUT2D eigenvalue weighted by Crippen LogP contribution is 2.17. The highest BCUT2D eigenvalue weighted by Gasteiger charge is 2.25. The van der Waals surface area contributed by atoms with E-state index in [9.17, 15) is 14.4 Å². The summed E-state index contributed by atoms with van der Waals surface area (Å²) in [7, 11) is 1.38. The quantitative estimate of drug-likeness (QED) is 0.780. The van der Waals surface area contributed by atoms with Gasteiger partial charge >= 0.3 is 12.0 Å². The monoisotopic (exact) mass is 372 g/mol. The van der Waals surface area contributed by atoms with Crippen LogP contribution in [0.5, 0.6) is 0 Å². The number of urea groups is 1. The van der Waals surface area contributed by atoms with Crippen LogP contribution in [0, 0.1) is 20.8 Å². The van der Waals surface area contributed by atoms with Gasteiger partial charge in [-0.1, -0.05) is 29.8 Å². The molecule has 2 rings (SSSR count). The van der Waals surface area contributed by atoms with Crippen molar-refractivity contribution < 1.29 is 19.1 Å². The number of hydrogen-bond donors (Lipinski definition) is 2. The number of hydrogen-bond acceptors (Lipinski definition) is 5. The number of aromatic nitrogens is 2. The van der Waals surface area contributed by atoms with Gasteiger partial charge in [-0.2, -0.15) is 5.10 Å². The number of benzene rings is 1. The first-order valence-electron chi connectivity index (χ1n) is 8.56. The Kier molecular flexibility index (Phi) is 6.33. The van der Waals surface area contributed by atoms with Crippen LogP contribution in [0.3, 0.4) is 0 Å². The predicted molar refractivity (Wildman–Crippen MR) is 99.5 cm³/mol. The third kappa shape index (κ3) is 4.93. The van der Waals surface area contributed by atoms with Gasteiger partial charge in [0.05, 0.1) is 17.9 Å². The molecule has 0 saturated heterocycles. The Morgan fingerprint density at radius 2 is 1.78 bits per heavy atom. The normalized spacial score (nSPS) is 11.6. The fourth-order valence-corrected chi connectivity index (χ4v) is 2.56. The Morgan fingerprint density at radius 1 is 1.15 bits per heavy atom. The molecule has 0 aliphatic carbocycles. The summed E-state index contributed by atoms with van der Waals surface area (Å²) in [5.74, 6) is -1.36. The van der Waals surface area contributed by atoms with E-state index in [1.807, 2.05) is 31.2 Å².